The summed E-state index contributed by atoms with van der Waals surface area (Å²) in [6, 6.07) is 1.57. The molecule has 1 aliphatic heterocycles. The van der Waals surface area contributed by atoms with Crippen LogP contribution in [0.2, 0.25) is 0 Å². The molecular formula is C11H14N2O4. The SMILES string of the molecule is COC(=O)c1ccoc1CN1CCNC(=O)C1. The molecule has 0 saturated carbocycles. The standard InChI is InChI=1S/C11H14N2O4/c1-16-11(15)8-2-5-17-9(8)6-13-4-3-12-10(14)7-13/h2,5H,3-4,6-7H2,1H3,(H,12,14). The van der Waals surface area contributed by atoms with Crippen LogP contribution in [0, 0.1) is 0 Å². The van der Waals surface area contributed by atoms with E-state index in [0.717, 1.165) is 6.54 Å². The first-order chi connectivity index (χ1) is 8.20. The minimum Gasteiger partial charge on any atom is -0.467 e. The van der Waals surface area contributed by atoms with Gasteiger partial charge in [-0.3, -0.25) is 9.69 Å². The highest BCUT2D eigenvalue weighted by Gasteiger charge is 2.21. The van der Waals surface area contributed by atoms with Crippen molar-refractivity contribution in [1.82, 2.24) is 10.2 Å². The zero-order valence-corrected chi connectivity index (χ0v) is 9.56. The zero-order chi connectivity index (χ0) is 12.3. The van der Waals surface area contributed by atoms with E-state index in [1.807, 2.05) is 4.90 Å². The number of carbonyl (C=O) groups is 2. The molecule has 0 radical (unpaired) electrons. The van der Waals surface area contributed by atoms with Gasteiger partial charge in [0.2, 0.25) is 5.91 Å². The smallest absolute Gasteiger partial charge is 0.341 e. The molecule has 6 heteroatoms. The molecule has 1 aromatic rings. The van der Waals surface area contributed by atoms with Crippen molar-refractivity contribution in [2.24, 2.45) is 0 Å². The van der Waals surface area contributed by atoms with Crippen LogP contribution in [0.4, 0.5) is 0 Å². The van der Waals surface area contributed by atoms with Crippen LogP contribution in [0.5, 0.6) is 0 Å². The summed E-state index contributed by atoms with van der Waals surface area (Å²) in [6.07, 6.45) is 1.45. The first kappa shape index (κ1) is 11.7. The molecular weight excluding hydrogens is 224 g/mol. The van der Waals surface area contributed by atoms with Crippen molar-refractivity contribution in [3.05, 3.63) is 23.7 Å². The zero-order valence-electron chi connectivity index (χ0n) is 9.56. The highest BCUT2D eigenvalue weighted by atomic mass is 16.5. The van der Waals surface area contributed by atoms with E-state index in [9.17, 15) is 9.59 Å². The molecule has 0 atom stereocenters. The molecule has 2 rings (SSSR count). The number of nitrogens with zero attached hydrogens (tertiary/aromatic N) is 1. The first-order valence-electron chi connectivity index (χ1n) is 5.34. The van der Waals surface area contributed by atoms with E-state index in [4.69, 9.17) is 4.42 Å². The summed E-state index contributed by atoms with van der Waals surface area (Å²) in [4.78, 5) is 24.5. The van der Waals surface area contributed by atoms with Gasteiger partial charge in [-0.05, 0) is 6.07 Å². The van der Waals surface area contributed by atoms with Gasteiger partial charge >= 0.3 is 5.97 Å². The van der Waals surface area contributed by atoms with Crippen molar-refractivity contribution < 1.29 is 18.7 Å². The van der Waals surface area contributed by atoms with Crippen LogP contribution in [-0.2, 0) is 16.1 Å². The normalized spacial score (nSPS) is 16.6. The molecule has 1 saturated heterocycles. The Kier molecular flexibility index (Phi) is 3.43. The van der Waals surface area contributed by atoms with Gasteiger partial charge in [-0.15, -0.1) is 0 Å². The molecule has 6 nitrogen and oxygen atoms in total. The summed E-state index contributed by atoms with van der Waals surface area (Å²) < 4.78 is 9.90. The van der Waals surface area contributed by atoms with Gasteiger partial charge < -0.3 is 14.5 Å². The van der Waals surface area contributed by atoms with Crippen LogP contribution in [0.25, 0.3) is 0 Å². The number of carbonyl (C=O) groups excluding carboxylic acids is 2. The number of esters is 1. The van der Waals surface area contributed by atoms with Crippen LogP contribution in [-0.4, -0.2) is 43.5 Å². The van der Waals surface area contributed by atoms with Gasteiger partial charge in [0.1, 0.15) is 11.3 Å². The Labute approximate surface area is 98.5 Å². The third-order valence-electron chi connectivity index (χ3n) is 2.64. The molecule has 92 valence electrons. The van der Waals surface area contributed by atoms with Crippen molar-refractivity contribution >= 4 is 11.9 Å². The fourth-order valence-electron chi connectivity index (χ4n) is 1.78. The average molecular weight is 238 g/mol. The molecule has 2 heterocycles. The second-order valence-corrected chi connectivity index (χ2v) is 3.81. The molecule has 1 aromatic heterocycles. The van der Waals surface area contributed by atoms with Crippen molar-refractivity contribution in [3.63, 3.8) is 0 Å². The summed E-state index contributed by atoms with van der Waals surface area (Å²) in [7, 11) is 1.33. The number of furan rings is 1. The summed E-state index contributed by atoms with van der Waals surface area (Å²) >= 11 is 0. The predicted octanol–water partition coefficient (Wildman–Crippen LogP) is -0.00200. The minimum absolute atomic E-state index is 0.0116. The maximum absolute atomic E-state index is 11.4. The molecule has 1 amide bonds. The van der Waals surface area contributed by atoms with Gasteiger partial charge in [-0.2, -0.15) is 0 Å². The number of hydrogen-bond donors (Lipinski definition) is 1. The van der Waals surface area contributed by atoms with Crippen molar-refractivity contribution in [2.45, 2.75) is 6.54 Å². The first-order valence-corrected chi connectivity index (χ1v) is 5.34. The predicted molar refractivity (Wildman–Crippen MR) is 58.3 cm³/mol. The number of amides is 1. The molecule has 1 fully saturated rings. The average Bonchev–Trinajstić information content (AvgIpc) is 2.76. The van der Waals surface area contributed by atoms with Gasteiger partial charge in [0.05, 0.1) is 26.5 Å². The van der Waals surface area contributed by atoms with Crippen molar-refractivity contribution in [2.75, 3.05) is 26.7 Å². The van der Waals surface area contributed by atoms with Gasteiger partial charge in [-0.1, -0.05) is 0 Å². The molecule has 0 bridgehead atoms. The second kappa shape index (κ2) is 5.01. The maximum atomic E-state index is 11.4. The third-order valence-corrected chi connectivity index (χ3v) is 2.64. The molecule has 0 aliphatic carbocycles. The summed E-state index contributed by atoms with van der Waals surface area (Å²) in [5.41, 5.74) is 0.415. The fraction of sp³-hybridized carbons (Fsp3) is 0.455. The molecule has 1 aliphatic rings. The van der Waals surface area contributed by atoms with Crippen LogP contribution in [0.3, 0.4) is 0 Å². The number of hydrogen-bond acceptors (Lipinski definition) is 5. The van der Waals surface area contributed by atoms with Gasteiger partial charge in [-0.25, -0.2) is 4.79 Å². The van der Waals surface area contributed by atoms with Crippen LogP contribution >= 0.6 is 0 Å². The van der Waals surface area contributed by atoms with E-state index in [2.05, 4.69) is 10.1 Å². The van der Waals surface area contributed by atoms with E-state index in [-0.39, 0.29) is 5.91 Å². The number of ether oxygens (including phenoxy) is 1. The Hall–Kier alpha value is -1.82. The summed E-state index contributed by atoms with van der Waals surface area (Å²) in [5, 5.41) is 2.74. The van der Waals surface area contributed by atoms with Gasteiger partial charge in [0.15, 0.2) is 0 Å². The molecule has 1 N–H and O–H groups in total. The lowest BCUT2D eigenvalue weighted by atomic mass is 10.2. The number of rotatable bonds is 3. The Morgan fingerprint density at radius 2 is 2.47 bits per heavy atom. The monoisotopic (exact) mass is 238 g/mol. The molecule has 0 spiro atoms. The lowest BCUT2D eigenvalue weighted by Gasteiger charge is -2.25. The fourth-order valence-corrected chi connectivity index (χ4v) is 1.78. The third kappa shape index (κ3) is 2.65. The van der Waals surface area contributed by atoms with E-state index in [1.54, 1.807) is 6.07 Å². The number of methoxy groups -OCH3 is 1. The highest BCUT2D eigenvalue weighted by Crippen LogP contribution is 2.14. The second-order valence-electron chi connectivity index (χ2n) is 3.81. The molecule has 0 unspecified atom stereocenters. The van der Waals surface area contributed by atoms with Gasteiger partial charge in [0.25, 0.3) is 0 Å². The van der Waals surface area contributed by atoms with Gasteiger partial charge in [0, 0.05) is 13.1 Å². The lowest BCUT2D eigenvalue weighted by Crippen LogP contribution is -2.47. The van der Waals surface area contributed by atoms with Crippen LogP contribution in [0.1, 0.15) is 16.1 Å². The Bertz CT molecular complexity index is 427. The Morgan fingerprint density at radius 3 is 3.18 bits per heavy atom. The largest absolute Gasteiger partial charge is 0.467 e. The molecule has 17 heavy (non-hydrogen) atoms. The summed E-state index contributed by atoms with van der Waals surface area (Å²) in [5.74, 6) is 0.101. The van der Waals surface area contributed by atoms with Crippen LogP contribution in [0.15, 0.2) is 16.7 Å². The van der Waals surface area contributed by atoms with Crippen molar-refractivity contribution in [3.8, 4) is 0 Å². The van der Waals surface area contributed by atoms with E-state index < -0.39 is 5.97 Å². The highest BCUT2D eigenvalue weighted by molar-refractivity contribution is 5.90. The summed E-state index contributed by atoms with van der Waals surface area (Å²) in [6.45, 7) is 2.12. The lowest BCUT2D eigenvalue weighted by molar-refractivity contribution is -0.124. The number of nitrogens with one attached hydrogen (secondary N) is 1. The Balaban J connectivity index is 2.05. The van der Waals surface area contributed by atoms with E-state index >= 15 is 0 Å². The van der Waals surface area contributed by atoms with Crippen molar-refractivity contribution in [1.29, 1.82) is 0 Å². The molecule has 0 aromatic carbocycles. The quantitative estimate of drug-likeness (QED) is 0.750. The van der Waals surface area contributed by atoms with Crippen LogP contribution < -0.4 is 5.32 Å². The van der Waals surface area contributed by atoms with E-state index in [0.29, 0.717) is 31.0 Å². The Morgan fingerprint density at radius 1 is 1.65 bits per heavy atom. The minimum atomic E-state index is -0.421. The van der Waals surface area contributed by atoms with E-state index in [1.165, 1.54) is 13.4 Å². The topological polar surface area (TPSA) is 71.8 Å². The maximum Gasteiger partial charge on any atom is 0.341 e. The number of piperazine rings is 1.